The summed E-state index contributed by atoms with van der Waals surface area (Å²) in [6, 6.07) is 16.3. The van der Waals surface area contributed by atoms with E-state index in [2.05, 4.69) is 27.1 Å². The van der Waals surface area contributed by atoms with E-state index in [0.717, 1.165) is 13.1 Å². The van der Waals surface area contributed by atoms with Gasteiger partial charge in [-0.3, -0.25) is 4.79 Å². The Morgan fingerprint density at radius 3 is 2.33 bits per heavy atom. The number of rotatable bonds is 10. The van der Waals surface area contributed by atoms with Crippen LogP contribution in [0.5, 0.6) is 0 Å². The van der Waals surface area contributed by atoms with Gasteiger partial charge in [-0.25, -0.2) is 13.1 Å². The fourth-order valence-electron chi connectivity index (χ4n) is 2.58. The topological polar surface area (TPSA) is 78.5 Å². The Bertz CT molecular complexity index is 821. The van der Waals surface area contributed by atoms with Crippen molar-refractivity contribution < 1.29 is 13.2 Å². The molecule has 0 atom stereocenters. The van der Waals surface area contributed by atoms with E-state index in [1.165, 1.54) is 17.7 Å². The first-order valence-corrected chi connectivity index (χ1v) is 10.5. The molecule has 0 radical (unpaired) electrons. The molecule has 0 saturated heterocycles. The van der Waals surface area contributed by atoms with Gasteiger partial charge in [-0.05, 0) is 49.8 Å². The van der Waals surface area contributed by atoms with Crippen LogP contribution in [-0.2, 0) is 21.4 Å². The van der Waals surface area contributed by atoms with Gasteiger partial charge in [-0.15, -0.1) is 0 Å². The van der Waals surface area contributed by atoms with Crippen LogP contribution in [0, 0.1) is 0 Å². The monoisotopic (exact) mass is 389 g/mol. The lowest BCUT2D eigenvalue weighted by Crippen LogP contribution is -2.28. The number of nitrogens with one attached hydrogen (secondary N) is 2. The molecule has 7 heteroatoms. The average Bonchev–Trinajstić information content (AvgIpc) is 2.66. The van der Waals surface area contributed by atoms with Gasteiger partial charge in [-0.1, -0.05) is 37.3 Å². The Kier molecular flexibility index (Phi) is 7.97. The Morgan fingerprint density at radius 1 is 1.04 bits per heavy atom. The van der Waals surface area contributed by atoms with Crippen molar-refractivity contribution in [3.63, 3.8) is 0 Å². The van der Waals surface area contributed by atoms with Gasteiger partial charge < -0.3 is 10.2 Å². The molecule has 2 aromatic rings. The molecule has 0 aliphatic heterocycles. The van der Waals surface area contributed by atoms with Crippen molar-refractivity contribution in [1.29, 1.82) is 0 Å². The molecule has 2 rings (SSSR count). The first kappa shape index (κ1) is 21.1. The zero-order valence-electron chi connectivity index (χ0n) is 15.8. The lowest BCUT2D eigenvalue weighted by atomic mass is 10.2. The van der Waals surface area contributed by atoms with E-state index in [1.807, 2.05) is 25.2 Å². The van der Waals surface area contributed by atoms with Crippen molar-refractivity contribution in [1.82, 2.24) is 9.62 Å². The molecule has 0 unspecified atom stereocenters. The summed E-state index contributed by atoms with van der Waals surface area (Å²) in [4.78, 5) is 13.7. The number of carbonyl (C=O) groups is 1. The number of sulfonamides is 1. The minimum atomic E-state index is -3.55. The molecule has 2 N–H and O–H groups in total. The van der Waals surface area contributed by atoms with E-state index in [-0.39, 0.29) is 10.8 Å². The van der Waals surface area contributed by atoms with Crippen molar-refractivity contribution >= 4 is 21.6 Å². The lowest BCUT2D eigenvalue weighted by molar-refractivity contribution is -0.115. The second-order valence-electron chi connectivity index (χ2n) is 6.40. The molecule has 0 heterocycles. The Balaban J connectivity index is 1.78. The molecule has 0 aliphatic rings. The van der Waals surface area contributed by atoms with Gasteiger partial charge >= 0.3 is 0 Å². The summed E-state index contributed by atoms with van der Waals surface area (Å²) in [7, 11) is -1.53. The predicted molar refractivity (Wildman–Crippen MR) is 108 cm³/mol. The summed E-state index contributed by atoms with van der Waals surface area (Å²) < 4.78 is 27.3. The smallest absolute Gasteiger partial charge is 0.240 e. The molecule has 27 heavy (non-hydrogen) atoms. The second kappa shape index (κ2) is 10.2. The van der Waals surface area contributed by atoms with Crippen molar-refractivity contribution in [2.24, 2.45) is 0 Å². The molecule has 146 valence electrons. The van der Waals surface area contributed by atoms with Gasteiger partial charge in [0.25, 0.3) is 0 Å². The summed E-state index contributed by atoms with van der Waals surface area (Å²) in [5.41, 5.74) is 1.82. The third-order valence-corrected chi connectivity index (χ3v) is 5.55. The maximum atomic E-state index is 12.3. The maximum absolute atomic E-state index is 12.3. The molecule has 2 aromatic carbocycles. The van der Waals surface area contributed by atoms with Gasteiger partial charge in [-0.2, -0.15) is 0 Å². The quantitative estimate of drug-likeness (QED) is 0.613. The highest BCUT2D eigenvalue weighted by molar-refractivity contribution is 7.89. The van der Waals surface area contributed by atoms with E-state index in [0.29, 0.717) is 25.1 Å². The fourth-order valence-corrected chi connectivity index (χ4v) is 3.65. The van der Waals surface area contributed by atoms with Gasteiger partial charge in [0, 0.05) is 25.2 Å². The number of hydrogen-bond donors (Lipinski definition) is 2. The van der Waals surface area contributed by atoms with E-state index in [1.54, 1.807) is 19.1 Å². The summed E-state index contributed by atoms with van der Waals surface area (Å²) in [5.74, 6) is -0.108. The van der Waals surface area contributed by atoms with Crippen LogP contribution in [0.15, 0.2) is 59.5 Å². The lowest BCUT2D eigenvalue weighted by Gasteiger charge is -2.16. The first-order valence-electron chi connectivity index (χ1n) is 9.03. The van der Waals surface area contributed by atoms with Crippen LogP contribution in [-0.4, -0.2) is 39.4 Å². The Morgan fingerprint density at radius 2 is 1.70 bits per heavy atom. The molecular formula is C20H27N3O3S. The first-order chi connectivity index (χ1) is 12.9. The highest BCUT2D eigenvalue weighted by atomic mass is 32.2. The SMILES string of the molecule is CCC(=O)Nc1ccc(S(=O)(=O)NCCCN(C)Cc2ccccc2)cc1. The summed E-state index contributed by atoms with van der Waals surface area (Å²) in [6.07, 6.45) is 1.09. The number of amides is 1. The van der Waals surface area contributed by atoms with E-state index in [9.17, 15) is 13.2 Å². The Labute approximate surface area is 161 Å². The van der Waals surface area contributed by atoms with Crippen LogP contribution in [0.2, 0.25) is 0 Å². The van der Waals surface area contributed by atoms with Gasteiger partial charge in [0.2, 0.25) is 15.9 Å². The Hall–Kier alpha value is -2.22. The third kappa shape index (κ3) is 7.13. The van der Waals surface area contributed by atoms with Gasteiger partial charge in [0.15, 0.2) is 0 Å². The second-order valence-corrected chi connectivity index (χ2v) is 8.17. The standard InChI is InChI=1S/C20H27N3O3S/c1-3-20(24)22-18-10-12-19(13-11-18)27(25,26)21-14-7-15-23(2)16-17-8-5-4-6-9-17/h4-6,8-13,21H,3,7,14-16H2,1-2H3,(H,22,24). The van der Waals surface area contributed by atoms with Crippen LogP contribution >= 0.6 is 0 Å². The number of carbonyl (C=O) groups excluding carboxylic acids is 1. The molecule has 0 aromatic heterocycles. The predicted octanol–water partition coefficient (Wildman–Crippen LogP) is 2.84. The zero-order chi connectivity index (χ0) is 19.7. The van der Waals surface area contributed by atoms with Crippen LogP contribution in [0.3, 0.4) is 0 Å². The fraction of sp³-hybridized carbons (Fsp3) is 0.350. The molecule has 1 amide bonds. The zero-order valence-corrected chi connectivity index (χ0v) is 16.6. The highest BCUT2D eigenvalue weighted by Gasteiger charge is 2.13. The van der Waals surface area contributed by atoms with E-state index in [4.69, 9.17) is 0 Å². The molecule has 0 bridgehead atoms. The summed E-state index contributed by atoms with van der Waals surface area (Å²) in [6.45, 7) is 3.75. The molecule has 0 spiro atoms. The molecule has 0 fully saturated rings. The third-order valence-electron chi connectivity index (χ3n) is 4.07. The number of anilines is 1. The van der Waals surface area contributed by atoms with Crippen LogP contribution < -0.4 is 10.0 Å². The van der Waals surface area contributed by atoms with Crippen molar-refractivity contribution in [3.05, 3.63) is 60.2 Å². The highest BCUT2D eigenvalue weighted by Crippen LogP contribution is 2.14. The molecular weight excluding hydrogens is 362 g/mol. The minimum absolute atomic E-state index is 0.108. The largest absolute Gasteiger partial charge is 0.326 e. The van der Waals surface area contributed by atoms with Crippen molar-refractivity contribution in [3.8, 4) is 0 Å². The van der Waals surface area contributed by atoms with Crippen LogP contribution in [0.4, 0.5) is 5.69 Å². The normalized spacial score (nSPS) is 11.5. The van der Waals surface area contributed by atoms with Gasteiger partial charge in [0.1, 0.15) is 0 Å². The average molecular weight is 390 g/mol. The van der Waals surface area contributed by atoms with Crippen molar-refractivity contribution in [2.45, 2.75) is 31.2 Å². The number of hydrogen-bond acceptors (Lipinski definition) is 4. The molecule has 0 saturated carbocycles. The van der Waals surface area contributed by atoms with E-state index < -0.39 is 10.0 Å². The summed E-state index contributed by atoms with van der Waals surface area (Å²) >= 11 is 0. The molecule has 0 aliphatic carbocycles. The van der Waals surface area contributed by atoms with Crippen LogP contribution in [0.1, 0.15) is 25.3 Å². The number of benzene rings is 2. The maximum Gasteiger partial charge on any atom is 0.240 e. The van der Waals surface area contributed by atoms with Crippen molar-refractivity contribution in [2.75, 3.05) is 25.5 Å². The molecule has 6 nitrogen and oxygen atoms in total. The summed E-state index contributed by atoms with van der Waals surface area (Å²) in [5, 5.41) is 2.70. The van der Waals surface area contributed by atoms with E-state index >= 15 is 0 Å². The van der Waals surface area contributed by atoms with Gasteiger partial charge in [0.05, 0.1) is 4.90 Å². The van der Waals surface area contributed by atoms with Crippen LogP contribution in [0.25, 0.3) is 0 Å². The number of nitrogens with zero attached hydrogens (tertiary/aromatic N) is 1. The minimum Gasteiger partial charge on any atom is -0.326 e.